The Bertz CT molecular complexity index is 1150. The Morgan fingerprint density at radius 2 is 1.94 bits per heavy atom. The van der Waals surface area contributed by atoms with E-state index in [1.165, 1.54) is 35.4 Å². The van der Waals surface area contributed by atoms with Gasteiger partial charge in [-0.3, -0.25) is 4.79 Å². The lowest BCUT2D eigenvalue weighted by atomic mass is 10.0. The summed E-state index contributed by atoms with van der Waals surface area (Å²) in [5, 5.41) is 11.0. The molecule has 2 bridgehead atoms. The van der Waals surface area contributed by atoms with Crippen LogP contribution < -0.4 is 20.9 Å². The third-order valence-corrected chi connectivity index (χ3v) is 7.95. The highest BCUT2D eigenvalue weighted by Gasteiger charge is 2.32. The lowest BCUT2D eigenvalue weighted by Crippen LogP contribution is -2.51. The third-order valence-electron chi connectivity index (χ3n) is 6.85. The minimum absolute atomic E-state index is 0.0973. The molecule has 5 rings (SSSR count). The van der Waals surface area contributed by atoms with Crippen LogP contribution in [0.15, 0.2) is 36.4 Å². The fourth-order valence-electron chi connectivity index (χ4n) is 5.22. The number of piperazine rings is 1. The zero-order chi connectivity index (χ0) is 23.7. The number of thiophene rings is 1. The second-order valence-electron chi connectivity index (χ2n) is 9.40. The molecule has 2 aliphatic rings. The molecule has 0 radical (unpaired) electrons. The van der Waals surface area contributed by atoms with Gasteiger partial charge in [-0.15, -0.1) is 11.3 Å². The fourth-order valence-corrected chi connectivity index (χ4v) is 6.35. The van der Waals surface area contributed by atoms with Crippen molar-refractivity contribution < 1.29 is 9.53 Å². The molecular formula is C26H33N5O2S. The van der Waals surface area contributed by atoms with E-state index in [1.807, 2.05) is 26.1 Å². The second-order valence-corrected chi connectivity index (χ2v) is 10.4. The number of ether oxygens (including phenoxy) is 1. The summed E-state index contributed by atoms with van der Waals surface area (Å²) < 4.78 is 5.44. The van der Waals surface area contributed by atoms with Gasteiger partial charge in [0.2, 0.25) is 0 Å². The van der Waals surface area contributed by atoms with E-state index >= 15 is 0 Å². The summed E-state index contributed by atoms with van der Waals surface area (Å²) in [5.74, 6) is -0.0973. The van der Waals surface area contributed by atoms with E-state index in [1.54, 1.807) is 7.11 Å². The van der Waals surface area contributed by atoms with E-state index in [-0.39, 0.29) is 11.9 Å². The van der Waals surface area contributed by atoms with Gasteiger partial charge in [0.15, 0.2) is 0 Å². The highest BCUT2D eigenvalue weighted by atomic mass is 32.1. The number of nitrogens with one attached hydrogen (secondary N) is 3. The van der Waals surface area contributed by atoms with Crippen LogP contribution in [-0.2, 0) is 11.2 Å². The maximum absolute atomic E-state index is 13.2. The van der Waals surface area contributed by atoms with Gasteiger partial charge in [0.1, 0.15) is 9.71 Å². The van der Waals surface area contributed by atoms with E-state index in [0.717, 1.165) is 34.7 Å². The summed E-state index contributed by atoms with van der Waals surface area (Å²) in [6.07, 6.45) is 3.27. The van der Waals surface area contributed by atoms with Crippen LogP contribution in [-0.4, -0.2) is 62.9 Å². The zero-order valence-corrected chi connectivity index (χ0v) is 20.9. The lowest BCUT2D eigenvalue weighted by molar-refractivity contribution is 0.0901. The predicted molar refractivity (Wildman–Crippen MR) is 139 cm³/mol. The molecular weight excluding hydrogens is 446 g/mol. The average molecular weight is 480 g/mol. The SMILES string of the molecule is CNc1c(C(=O)N[C@H](COC)Cc2ccc(N3C[C@H]4CC[C@@H](C3)N4)cc2)sc2nc(C)ccc12. The molecule has 2 fully saturated rings. The highest BCUT2D eigenvalue weighted by molar-refractivity contribution is 7.21. The number of pyridine rings is 1. The van der Waals surface area contributed by atoms with Gasteiger partial charge in [-0.2, -0.15) is 0 Å². The summed E-state index contributed by atoms with van der Waals surface area (Å²) in [6, 6.07) is 13.9. The summed E-state index contributed by atoms with van der Waals surface area (Å²) in [6.45, 7) is 4.57. The Morgan fingerprint density at radius 3 is 2.62 bits per heavy atom. The molecule has 3 N–H and O–H groups in total. The first-order valence-corrected chi connectivity index (χ1v) is 12.8. The third kappa shape index (κ3) is 4.76. The van der Waals surface area contributed by atoms with E-state index in [2.05, 4.69) is 50.1 Å². The quantitative estimate of drug-likeness (QED) is 0.459. The number of carbonyl (C=O) groups excluding carboxylic acids is 1. The molecule has 4 heterocycles. The van der Waals surface area contributed by atoms with E-state index in [0.29, 0.717) is 30.0 Å². The molecule has 3 aromatic rings. The maximum Gasteiger partial charge on any atom is 0.263 e. The number of hydrogen-bond donors (Lipinski definition) is 3. The monoisotopic (exact) mass is 479 g/mol. The van der Waals surface area contributed by atoms with E-state index in [4.69, 9.17) is 4.74 Å². The predicted octanol–water partition coefficient (Wildman–Crippen LogP) is 3.57. The number of carbonyl (C=O) groups is 1. The number of aromatic nitrogens is 1. The van der Waals surface area contributed by atoms with Gasteiger partial charge in [-0.25, -0.2) is 4.98 Å². The summed E-state index contributed by atoms with van der Waals surface area (Å²) >= 11 is 1.42. The molecule has 2 aliphatic heterocycles. The Labute approximate surface area is 204 Å². The number of anilines is 2. The van der Waals surface area contributed by atoms with Gasteiger partial charge >= 0.3 is 0 Å². The minimum atomic E-state index is -0.122. The van der Waals surface area contributed by atoms with Crippen LogP contribution in [0.1, 0.15) is 33.8 Å². The van der Waals surface area contributed by atoms with Gasteiger partial charge < -0.3 is 25.6 Å². The first-order valence-electron chi connectivity index (χ1n) is 12.0. The van der Waals surface area contributed by atoms with Crippen LogP contribution in [0.5, 0.6) is 0 Å². The molecule has 3 atom stereocenters. The summed E-state index contributed by atoms with van der Waals surface area (Å²) in [5.41, 5.74) is 4.24. The molecule has 180 valence electrons. The maximum atomic E-state index is 13.2. The van der Waals surface area contributed by atoms with E-state index in [9.17, 15) is 4.79 Å². The van der Waals surface area contributed by atoms with Crippen molar-refractivity contribution in [1.82, 2.24) is 15.6 Å². The highest BCUT2D eigenvalue weighted by Crippen LogP contribution is 2.34. The molecule has 0 saturated carbocycles. The lowest BCUT2D eigenvalue weighted by Gasteiger charge is -2.34. The number of hydrogen-bond acceptors (Lipinski definition) is 7. The van der Waals surface area contributed by atoms with Gasteiger partial charge in [-0.1, -0.05) is 12.1 Å². The molecule has 1 aromatic carbocycles. The largest absolute Gasteiger partial charge is 0.386 e. The Morgan fingerprint density at radius 1 is 1.21 bits per heavy atom. The van der Waals surface area contributed by atoms with Crippen molar-refractivity contribution >= 4 is 38.8 Å². The van der Waals surface area contributed by atoms with Crippen molar-refractivity contribution in [2.24, 2.45) is 0 Å². The number of rotatable bonds is 8. The molecule has 7 nitrogen and oxygen atoms in total. The van der Waals surface area contributed by atoms with Gasteiger partial charge in [0.05, 0.1) is 18.3 Å². The molecule has 2 aromatic heterocycles. The van der Waals surface area contributed by atoms with Crippen molar-refractivity contribution in [2.75, 3.05) is 44.1 Å². The second kappa shape index (κ2) is 9.90. The number of methoxy groups -OCH3 is 1. The van der Waals surface area contributed by atoms with Crippen molar-refractivity contribution in [3.05, 3.63) is 52.5 Å². The minimum Gasteiger partial charge on any atom is -0.386 e. The van der Waals surface area contributed by atoms with Crippen molar-refractivity contribution in [3.8, 4) is 0 Å². The first kappa shape index (κ1) is 23.1. The molecule has 8 heteroatoms. The Hall–Kier alpha value is -2.68. The van der Waals surface area contributed by atoms with Crippen LogP contribution in [0.25, 0.3) is 10.2 Å². The standard InChI is InChI=1S/C26H33N5O2S/c1-16-4-11-22-23(27-2)24(34-26(22)28-16)25(32)30-20(15-33-3)12-17-5-9-21(10-6-17)31-13-18-7-8-19(14-31)29-18/h4-6,9-11,18-20,27,29H,7-8,12-15H2,1-3H3,(H,30,32)/t18-,19+,20-/m0/s1. The fraction of sp³-hybridized carbons (Fsp3) is 0.462. The molecule has 1 amide bonds. The van der Waals surface area contributed by atoms with Crippen LogP contribution in [0.4, 0.5) is 11.4 Å². The van der Waals surface area contributed by atoms with Crippen molar-refractivity contribution in [2.45, 2.75) is 44.3 Å². The van der Waals surface area contributed by atoms with Gasteiger partial charge in [-0.05, 0) is 56.0 Å². The van der Waals surface area contributed by atoms with E-state index < -0.39 is 0 Å². The summed E-state index contributed by atoms with van der Waals surface area (Å²) in [4.78, 5) is 21.9. The average Bonchev–Trinajstić information content (AvgIpc) is 3.37. The van der Waals surface area contributed by atoms with Crippen molar-refractivity contribution in [1.29, 1.82) is 0 Å². The first-order chi connectivity index (χ1) is 16.5. The molecule has 2 saturated heterocycles. The number of fused-ring (bicyclic) bond motifs is 3. The van der Waals surface area contributed by atoms with Crippen molar-refractivity contribution in [3.63, 3.8) is 0 Å². The molecule has 0 aliphatic carbocycles. The van der Waals surface area contributed by atoms with Crippen LogP contribution in [0, 0.1) is 6.92 Å². The van der Waals surface area contributed by atoms with Gasteiger partial charge in [0.25, 0.3) is 5.91 Å². The van der Waals surface area contributed by atoms with Crippen LogP contribution in [0.2, 0.25) is 0 Å². The zero-order valence-electron chi connectivity index (χ0n) is 20.1. The number of amides is 1. The topological polar surface area (TPSA) is 78.5 Å². The Kier molecular flexibility index (Phi) is 6.72. The molecule has 34 heavy (non-hydrogen) atoms. The smallest absolute Gasteiger partial charge is 0.263 e. The Balaban J connectivity index is 1.28. The van der Waals surface area contributed by atoms with Crippen LogP contribution in [0.3, 0.4) is 0 Å². The number of nitrogens with zero attached hydrogens (tertiary/aromatic N) is 2. The molecule has 0 unspecified atom stereocenters. The molecule has 0 spiro atoms. The van der Waals surface area contributed by atoms with Gasteiger partial charge in [0, 0.05) is 56.1 Å². The summed E-state index contributed by atoms with van der Waals surface area (Å²) in [7, 11) is 3.52. The van der Waals surface area contributed by atoms with Crippen LogP contribution >= 0.6 is 11.3 Å². The number of aryl methyl sites for hydroxylation is 1. The normalized spacial score (nSPS) is 20.5. The number of benzene rings is 1.